The van der Waals surface area contributed by atoms with Gasteiger partial charge in [-0.25, -0.2) is 0 Å². The average molecular weight is 244 g/mol. The van der Waals surface area contributed by atoms with Crippen molar-refractivity contribution in [1.82, 2.24) is 10.2 Å². The van der Waals surface area contributed by atoms with Crippen LogP contribution in [0.2, 0.25) is 0 Å². The molecule has 0 atom stereocenters. The number of esters is 1. The van der Waals surface area contributed by atoms with Crippen molar-refractivity contribution in [3.8, 4) is 0 Å². The van der Waals surface area contributed by atoms with Crippen molar-refractivity contribution in [2.45, 2.75) is 20.8 Å². The molecule has 0 unspecified atom stereocenters. The molecular weight excluding hydrogens is 220 g/mol. The highest BCUT2D eigenvalue weighted by Crippen LogP contribution is 2.19. The number of carbonyl (C=O) groups excluding carboxylic acids is 2. The molecule has 0 saturated heterocycles. The first-order valence-electron chi connectivity index (χ1n) is 5.89. The highest BCUT2D eigenvalue weighted by molar-refractivity contribution is 6.03. The normalized spacial score (nSPS) is 11.6. The molecule has 1 N–H and O–H groups in total. The van der Waals surface area contributed by atoms with Crippen LogP contribution in [0, 0.1) is 5.41 Å². The molecule has 100 valence electrons. The average Bonchev–Trinajstić information content (AvgIpc) is 2.26. The molecule has 0 saturated carbocycles. The molecule has 0 aromatic heterocycles. The van der Waals surface area contributed by atoms with E-state index in [2.05, 4.69) is 5.32 Å². The third-order valence-corrected chi connectivity index (χ3v) is 2.64. The number of hydrogen-bond donors (Lipinski definition) is 1. The Bertz CT molecular complexity index is 264. The lowest BCUT2D eigenvalue weighted by atomic mass is 9.88. The number of carbonyl (C=O) groups is 2. The van der Waals surface area contributed by atoms with E-state index in [1.807, 2.05) is 19.0 Å². The zero-order chi connectivity index (χ0) is 13.5. The second-order valence-electron chi connectivity index (χ2n) is 4.61. The zero-order valence-corrected chi connectivity index (χ0v) is 11.5. The predicted octanol–water partition coefficient (Wildman–Crippen LogP) is 0.296. The lowest BCUT2D eigenvalue weighted by molar-refractivity contribution is -0.158. The van der Waals surface area contributed by atoms with Crippen LogP contribution in [-0.2, 0) is 14.3 Å². The summed E-state index contributed by atoms with van der Waals surface area (Å²) in [6.45, 7) is 7.08. The summed E-state index contributed by atoms with van der Waals surface area (Å²) in [5.41, 5.74) is -1.07. The Labute approximate surface area is 103 Å². The summed E-state index contributed by atoms with van der Waals surface area (Å²) in [6, 6.07) is 0. The molecule has 0 spiro atoms. The second kappa shape index (κ2) is 7.40. The minimum absolute atomic E-state index is 0.116. The Morgan fingerprint density at radius 1 is 1.35 bits per heavy atom. The van der Waals surface area contributed by atoms with Gasteiger partial charge in [-0.3, -0.25) is 14.5 Å². The van der Waals surface area contributed by atoms with Gasteiger partial charge < -0.3 is 10.1 Å². The first kappa shape index (κ1) is 16.1. The van der Waals surface area contributed by atoms with Crippen molar-refractivity contribution in [3.05, 3.63) is 0 Å². The number of nitrogens with one attached hydrogen (secondary N) is 1. The third kappa shape index (κ3) is 5.28. The summed E-state index contributed by atoms with van der Waals surface area (Å²) in [7, 11) is 3.72. The van der Waals surface area contributed by atoms with Crippen LogP contribution in [0.5, 0.6) is 0 Å². The summed E-state index contributed by atoms with van der Waals surface area (Å²) in [5, 5.41) is 3.01. The largest absolute Gasteiger partial charge is 0.465 e. The Hall–Kier alpha value is -0.940. The van der Waals surface area contributed by atoms with E-state index >= 15 is 0 Å². The molecule has 0 fully saturated rings. The van der Waals surface area contributed by atoms with Crippen molar-refractivity contribution in [2.75, 3.05) is 40.3 Å². The maximum Gasteiger partial charge on any atom is 0.319 e. The fourth-order valence-corrected chi connectivity index (χ4v) is 1.25. The standard InChI is InChI=1S/C12H24N2O3/c1-6-17-11(16)12(2,3)10(15)9-14(5)8-7-13-4/h13H,6-9H2,1-5H3. The highest BCUT2D eigenvalue weighted by Gasteiger charge is 2.37. The van der Waals surface area contributed by atoms with Crippen LogP contribution in [0.4, 0.5) is 0 Å². The summed E-state index contributed by atoms with van der Waals surface area (Å²) in [6.07, 6.45) is 0. The van der Waals surface area contributed by atoms with Crippen molar-refractivity contribution in [3.63, 3.8) is 0 Å². The first-order valence-corrected chi connectivity index (χ1v) is 5.89. The zero-order valence-electron chi connectivity index (χ0n) is 11.5. The maximum atomic E-state index is 12.0. The number of nitrogens with zero attached hydrogens (tertiary/aromatic N) is 1. The lowest BCUT2D eigenvalue weighted by Gasteiger charge is -2.24. The molecule has 0 bridgehead atoms. The van der Waals surface area contributed by atoms with E-state index in [9.17, 15) is 9.59 Å². The molecular formula is C12H24N2O3. The summed E-state index contributed by atoms with van der Waals surface area (Å²) < 4.78 is 4.90. The van der Waals surface area contributed by atoms with Crippen LogP contribution in [0.25, 0.3) is 0 Å². The van der Waals surface area contributed by atoms with Crippen LogP contribution in [0.1, 0.15) is 20.8 Å². The number of ketones is 1. The molecule has 0 amide bonds. The van der Waals surface area contributed by atoms with Crippen LogP contribution >= 0.6 is 0 Å². The fraction of sp³-hybridized carbons (Fsp3) is 0.833. The van der Waals surface area contributed by atoms with Crippen LogP contribution in [0.15, 0.2) is 0 Å². The molecule has 0 heterocycles. The van der Waals surface area contributed by atoms with Crippen LogP contribution < -0.4 is 5.32 Å². The van der Waals surface area contributed by atoms with E-state index in [0.717, 1.165) is 13.1 Å². The van der Waals surface area contributed by atoms with Gasteiger partial charge in [-0.2, -0.15) is 0 Å². The number of Topliss-reactive ketones (excluding diaryl/α,β-unsaturated/α-hetero) is 1. The maximum absolute atomic E-state index is 12.0. The summed E-state index contributed by atoms with van der Waals surface area (Å²) in [5.74, 6) is -0.568. The minimum Gasteiger partial charge on any atom is -0.465 e. The van der Waals surface area contributed by atoms with E-state index in [1.54, 1.807) is 20.8 Å². The summed E-state index contributed by atoms with van der Waals surface area (Å²) in [4.78, 5) is 25.5. The topological polar surface area (TPSA) is 58.6 Å². The SMILES string of the molecule is CCOC(=O)C(C)(C)C(=O)CN(C)CCNC. The van der Waals surface area contributed by atoms with Crippen molar-refractivity contribution < 1.29 is 14.3 Å². The van der Waals surface area contributed by atoms with Gasteiger partial charge in [-0.05, 0) is 34.9 Å². The monoisotopic (exact) mass is 244 g/mol. The van der Waals surface area contributed by atoms with E-state index in [-0.39, 0.29) is 12.3 Å². The molecule has 0 aromatic carbocycles. The van der Waals surface area contributed by atoms with Crippen molar-refractivity contribution in [1.29, 1.82) is 0 Å². The molecule has 5 heteroatoms. The molecule has 0 rings (SSSR count). The van der Waals surface area contributed by atoms with Gasteiger partial charge in [0.05, 0.1) is 13.2 Å². The van der Waals surface area contributed by atoms with Gasteiger partial charge in [-0.1, -0.05) is 0 Å². The number of likely N-dealkylation sites (N-methyl/N-ethyl adjacent to an activating group) is 2. The summed E-state index contributed by atoms with van der Waals surface area (Å²) >= 11 is 0. The molecule has 17 heavy (non-hydrogen) atoms. The van der Waals surface area contributed by atoms with Gasteiger partial charge in [0.2, 0.25) is 0 Å². The smallest absolute Gasteiger partial charge is 0.319 e. The quantitative estimate of drug-likeness (QED) is 0.491. The molecule has 0 radical (unpaired) electrons. The Morgan fingerprint density at radius 2 is 1.94 bits per heavy atom. The minimum atomic E-state index is -1.07. The van der Waals surface area contributed by atoms with Crippen LogP contribution in [0.3, 0.4) is 0 Å². The number of rotatable bonds is 8. The van der Waals surface area contributed by atoms with Gasteiger partial charge in [0.15, 0.2) is 5.78 Å². The molecule has 0 aliphatic rings. The Balaban J connectivity index is 4.33. The fourth-order valence-electron chi connectivity index (χ4n) is 1.25. The van der Waals surface area contributed by atoms with Gasteiger partial charge in [0, 0.05) is 13.1 Å². The molecule has 0 aliphatic heterocycles. The van der Waals surface area contributed by atoms with Gasteiger partial charge in [-0.15, -0.1) is 0 Å². The molecule has 0 aliphatic carbocycles. The second-order valence-corrected chi connectivity index (χ2v) is 4.61. The van der Waals surface area contributed by atoms with E-state index in [0.29, 0.717) is 6.61 Å². The van der Waals surface area contributed by atoms with Gasteiger partial charge in [0.1, 0.15) is 5.41 Å². The van der Waals surface area contributed by atoms with Crippen LogP contribution in [-0.4, -0.2) is 57.0 Å². The van der Waals surface area contributed by atoms with E-state index in [1.165, 1.54) is 0 Å². The third-order valence-electron chi connectivity index (χ3n) is 2.64. The molecule has 0 aromatic rings. The Kier molecular flexibility index (Phi) is 6.99. The van der Waals surface area contributed by atoms with Crippen molar-refractivity contribution >= 4 is 11.8 Å². The highest BCUT2D eigenvalue weighted by atomic mass is 16.5. The van der Waals surface area contributed by atoms with E-state index < -0.39 is 11.4 Å². The van der Waals surface area contributed by atoms with E-state index in [4.69, 9.17) is 4.74 Å². The lowest BCUT2D eigenvalue weighted by Crippen LogP contribution is -2.42. The predicted molar refractivity (Wildman–Crippen MR) is 66.8 cm³/mol. The van der Waals surface area contributed by atoms with Gasteiger partial charge in [0.25, 0.3) is 0 Å². The number of hydrogen-bond acceptors (Lipinski definition) is 5. The molecule has 5 nitrogen and oxygen atoms in total. The van der Waals surface area contributed by atoms with Gasteiger partial charge >= 0.3 is 5.97 Å². The first-order chi connectivity index (χ1) is 7.86. The van der Waals surface area contributed by atoms with Crippen molar-refractivity contribution in [2.24, 2.45) is 5.41 Å². The Morgan fingerprint density at radius 3 is 2.41 bits per heavy atom. The number of ether oxygens (including phenoxy) is 1.